The van der Waals surface area contributed by atoms with Crippen LogP contribution >= 0.6 is 0 Å². The van der Waals surface area contributed by atoms with Crippen molar-refractivity contribution in [2.75, 3.05) is 27.2 Å². The second kappa shape index (κ2) is 8.64. The molecule has 1 aromatic heterocycles. The van der Waals surface area contributed by atoms with Gasteiger partial charge in [0.1, 0.15) is 11.3 Å². The van der Waals surface area contributed by atoms with Crippen molar-refractivity contribution >= 4 is 16.8 Å². The lowest BCUT2D eigenvalue weighted by molar-refractivity contribution is 0.0953. The number of carbonyl (C=O) groups excluding carboxylic acids is 1. The van der Waals surface area contributed by atoms with Gasteiger partial charge in [0.15, 0.2) is 0 Å². The zero-order valence-corrected chi connectivity index (χ0v) is 15.8. The summed E-state index contributed by atoms with van der Waals surface area (Å²) in [6.45, 7) is 1.71. The van der Waals surface area contributed by atoms with Gasteiger partial charge >= 0.3 is 0 Å². The standard InChI is InChI=1S/C22H25N3O2/c1-25(2)13-4-3-11-24-22(27)17-9-7-16(8-10-17)19-14-18-6-5-12-23-21(18)20(26)15-19/h5-10,12,14-15,26H,3-4,11,13H2,1-2H3,(H,24,27). The van der Waals surface area contributed by atoms with E-state index in [-0.39, 0.29) is 11.7 Å². The molecule has 0 saturated carbocycles. The van der Waals surface area contributed by atoms with Crippen LogP contribution < -0.4 is 5.32 Å². The van der Waals surface area contributed by atoms with Gasteiger partial charge in [-0.3, -0.25) is 9.78 Å². The fraction of sp³-hybridized carbons (Fsp3) is 0.273. The van der Waals surface area contributed by atoms with Gasteiger partial charge in [-0.2, -0.15) is 0 Å². The van der Waals surface area contributed by atoms with Crippen molar-refractivity contribution in [2.24, 2.45) is 0 Å². The van der Waals surface area contributed by atoms with E-state index in [2.05, 4.69) is 15.2 Å². The van der Waals surface area contributed by atoms with Gasteiger partial charge in [0, 0.05) is 23.7 Å². The molecule has 1 amide bonds. The van der Waals surface area contributed by atoms with Crippen LogP contribution in [0.25, 0.3) is 22.0 Å². The highest BCUT2D eigenvalue weighted by Crippen LogP contribution is 2.30. The number of amides is 1. The highest BCUT2D eigenvalue weighted by molar-refractivity contribution is 5.95. The van der Waals surface area contributed by atoms with Crippen molar-refractivity contribution in [3.63, 3.8) is 0 Å². The van der Waals surface area contributed by atoms with E-state index in [0.717, 1.165) is 35.9 Å². The molecular formula is C22H25N3O2. The SMILES string of the molecule is CN(C)CCCCNC(=O)c1ccc(-c2cc(O)c3ncccc3c2)cc1. The van der Waals surface area contributed by atoms with Gasteiger partial charge in [-0.15, -0.1) is 0 Å². The molecular weight excluding hydrogens is 338 g/mol. The monoisotopic (exact) mass is 363 g/mol. The zero-order valence-electron chi connectivity index (χ0n) is 15.8. The zero-order chi connectivity index (χ0) is 19.2. The summed E-state index contributed by atoms with van der Waals surface area (Å²) in [6.07, 6.45) is 3.69. The number of unbranched alkanes of at least 4 members (excludes halogenated alkanes) is 1. The fourth-order valence-corrected chi connectivity index (χ4v) is 3.01. The number of benzene rings is 2. The molecule has 0 saturated heterocycles. The van der Waals surface area contributed by atoms with E-state index < -0.39 is 0 Å². The maximum Gasteiger partial charge on any atom is 0.251 e. The molecule has 0 unspecified atom stereocenters. The molecule has 0 radical (unpaired) electrons. The van der Waals surface area contributed by atoms with Crippen molar-refractivity contribution in [3.8, 4) is 16.9 Å². The molecule has 0 aliphatic carbocycles. The molecule has 27 heavy (non-hydrogen) atoms. The second-order valence-corrected chi connectivity index (χ2v) is 6.91. The van der Waals surface area contributed by atoms with Gasteiger partial charge in [-0.25, -0.2) is 0 Å². The Labute approximate surface area is 159 Å². The Morgan fingerprint density at radius 1 is 1.07 bits per heavy atom. The number of aromatic nitrogens is 1. The minimum atomic E-state index is -0.0584. The number of nitrogens with zero attached hydrogens (tertiary/aromatic N) is 2. The third-order valence-electron chi connectivity index (χ3n) is 4.48. The molecule has 5 nitrogen and oxygen atoms in total. The summed E-state index contributed by atoms with van der Waals surface area (Å²) in [7, 11) is 4.10. The minimum absolute atomic E-state index is 0.0584. The van der Waals surface area contributed by atoms with Crippen molar-refractivity contribution in [1.29, 1.82) is 0 Å². The lowest BCUT2D eigenvalue weighted by atomic mass is 10.0. The normalized spacial score (nSPS) is 11.1. The van der Waals surface area contributed by atoms with Crippen LogP contribution in [0.15, 0.2) is 54.7 Å². The molecule has 0 bridgehead atoms. The first-order valence-corrected chi connectivity index (χ1v) is 9.16. The predicted molar refractivity (Wildman–Crippen MR) is 109 cm³/mol. The highest BCUT2D eigenvalue weighted by atomic mass is 16.3. The number of carbonyl (C=O) groups is 1. The molecule has 1 heterocycles. The molecule has 0 atom stereocenters. The molecule has 0 aliphatic rings. The Hall–Kier alpha value is -2.92. The van der Waals surface area contributed by atoms with Gasteiger partial charge in [0.25, 0.3) is 5.91 Å². The maximum absolute atomic E-state index is 12.2. The summed E-state index contributed by atoms with van der Waals surface area (Å²) in [5.74, 6) is 0.0969. The molecule has 140 valence electrons. The van der Waals surface area contributed by atoms with Gasteiger partial charge < -0.3 is 15.3 Å². The molecule has 0 fully saturated rings. The largest absolute Gasteiger partial charge is 0.506 e. The molecule has 3 aromatic rings. The van der Waals surface area contributed by atoms with Crippen LogP contribution in [-0.2, 0) is 0 Å². The number of pyridine rings is 1. The van der Waals surface area contributed by atoms with Crippen molar-refractivity contribution < 1.29 is 9.90 Å². The van der Waals surface area contributed by atoms with Crippen LogP contribution in [0.3, 0.4) is 0 Å². The number of fused-ring (bicyclic) bond motifs is 1. The van der Waals surface area contributed by atoms with Gasteiger partial charge in [-0.1, -0.05) is 18.2 Å². The third kappa shape index (κ3) is 4.83. The van der Waals surface area contributed by atoms with E-state index >= 15 is 0 Å². The van der Waals surface area contributed by atoms with Gasteiger partial charge in [0.05, 0.1) is 0 Å². The maximum atomic E-state index is 12.2. The molecule has 3 rings (SSSR count). The van der Waals surface area contributed by atoms with Crippen LogP contribution in [-0.4, -0.2) is 48.1 Å². The topological polar surface area (TPSA) is 65.5 Å². The minimum Gasteiger partial charge on any atom is -0.506 e. The lowest BCUT2D eigenvalue weighted by Gasteiger charge is -2.10. The van der Waals surface area contributed by atoms with Crippen molar-refractivity contribution in [1.82, 2.24) is 15.2 Å². The predicted octanol–water partition coefficient (Wildman–Crippen LogP) is 3.68. The van der Waals surface area contributed by atoms with Crippen LogP contribution in [0.5, 0.6) is 5.75 Å². The summed E-state index contributed by atoms with van der Waals surface area (Å²) in [5, 5.41) is 14.0. The summed E-state index contributed by atoms with van der Waals surface area (Å²) in [5.41, 5.74) is 3.06. The lowest BCUT2D eigenvalue weighted by Crippen LogP contribution is -2.25. The average Bonchev–Trinajstić information content (AvgIpc) is 2.67. The first-order valence-electron chi connectivity index (χ1n) is 9.16. The second-order valence-electron chi connectivity index (χ2n) is 6.91. The van der Waals surface area contributed by atoms with Gasteiger partial charge in [0.2, 0.25) is 0 Å². The summed E-state index contributed by atoms with van der Waals surface area (Å²) >= 11 is 0. The van der Waals surface area contributed by atoms with E-state index in [1.54, 1.807) is 12.3 Å². The third-order valence-corrected chi connectivity index (χ3v) is 4.48. The molecule has 2 aromatic carbocycles. The quantitative estimate of drug-likeness (QED) is 0.629. The number of nitrogens with one attached hydrogen (secondary N) is 1. The summed E-state index contributed by atoms with van der Waals surface area (Å²) < 4.78 is 0. The van der Waals surface area contributed by atoms with Crippen LogP contribution in [0.1, 0.15) is 23.2 Å². The van der Waals surface area contributed by atoms with E-state index in [1.165, 1.54) is 0 Å². The van der Waals surface area contributed by atoms with Crippen molar-refractivity contribution in [2.45, 2.75) is 12.8 Å². The number of hydrogen-bond donors (Lipinski definition) is 2. The number of phenolic OH excluding ortho intramolecular Hbond substituents is 1. The van der Waals surface area contributed by atoms with Crippen LogP contribution in [0, 0.1) is 0 Å². The smallest absolute Gasteiger partial charge is 0.251 e. The molecule has 5 heteroatoms. The Morgan fingerprint density at radius 2 is 1.85 bits per heavy atom. The fourth-order valence-electron chi connectivity index (χ4n) is 3.01. The van der Waals surface area contributed by atoms with E-state index in [4.69, 9.17) is 0 Å². The Balaban J connectivity index is 1.66. The summed E-state index contributed by atoms with van der Waals surface area (Å²) in [6, 6.07) is 14.9. The Morgan fingerprint density at radius 3 is 2.59 bits per heavy atom. The van der Waals surface area contributed by atoms with E-state index in [1.807, 2.05) is 56.6 Å². The Bertz CT molecular complexity index is 920. The Kier molecular flexibility index (Phi) is 6.04. The first-order chi connectivity index (χ1) is 13.0. The van der Waals surface area contributed by atoms with Crippen LogP contribution in [0.2, 0.25) is 0 Å². The first kappa shape index (κ1) is 18.9. The van der Waals surface area contributed by atoms with Crippen molar-refractivity contribution in [3.05, 3.63) is 60.3 Å². The number of rotatable bonds is 7. The molecule has 2 N–H and O–H groups in total. The number of aromatic hydroxyl groups is 1. The molecule has 0 aliphatic heterocycles. The van der Waals surface area contributed by atoms with E-state index in [9.17, 15) is 9.90 Å². The summed E-state index contributed by atoms with van der Waals surface area (Å²) in [4.78, 5) is 18.6. The molecule has 0 spiro atoms. The average molecular weight is 363 g/mol. The van der Waals surface area contributed by atoms with Gasteiger partial charge in [-0.05, 0) is 74.9 Å². The highest BCUT2D eigenvalue weighted by Gasteiger charge is 2.08. The number of phenols is 1. The van der Waals surface area contributed by atoms with Crippen LogP contribution in [0.4, 0.5) is 0 Å². The number of hydrogen-bond acceptors (Lipinski definition) is 4. The van der Waals surface area contributed by atoms with E-state index in [0.29, 0.717) is 17.6 Å².